The summed E-state index contributed by atoms with van der Waals surface area (Å²) in [4.78, 5) is 13.3. The predicted molar refractivity (Wildman–Crippen MR) is 77.1 cm³/mol. The van der Waals surface area contributed by atoms with Crippen LogP contribution in [0.1, 0.15) is 18.9 Å². The number of nitriles is 1. The SMILES string of the molecule is CCN1C(=O)C(Cl)CC=C1c1c(F)cc(OCC#N)cc1F. The van der Waals surface area contributed by atoms with E-state index in [2.05, 4.69) is 0 Å². The molecule has 0 N–H and O–H groups in total. The number of carbonyl (C=O) groups is 1. The Morgan fingerprint density at radius 3 is 2.64 bits per heavy atom. The predicted octanol–water partition coefficient (Wildman–Crippen LogP) is 3.07. The number of ether oxygens (including phenoxy) is 1. The van der Waals surface area contributed by atoms with Crippen LogP contribution < -0.4 is 4.74 Å². The molecule has 22 heavy (non-hydrogen) atoms. The van der Waals surface area contributed by atoms with E-state index in [1.54, 1.807) is 19.1 Å². The molecule has 0 aliphatic carbocycles. The lowest BCUT2D eigenvalue weighted by Crippen LogP contribution is -2.38. The largest absolute Gasteiger partial charge is 0.479 e. The van der Waals surface area contributed by atoms with Gasteiger partial charge in [-0.2, -0.15) is 5.26 Å². The molecule has 1 atom stereocenters. The van der Waals surface area contributed by atoms with Gasteiger partial charge in [0, 0.05) is 18.7 Å². The van der Waals surface area contributed by atoms with Gasteiger partial charge < -0.3 is 9.64 Å². The van der Waals surface area contributed by atoms with E-state index in [0.29, 0.717) is 0 Å². The van der Waals surface area contributed by atoms with Gasteiger partial charge >= 0.3 is 0 Å². The third-order valence-electron chi connectivity index (χ3n) is 3.23. The van der Waals surface area contributed by atoms with Gasteiger partial charge in [-0.1, -0.05) is 6.08 Å². The zero-order chi connectivity index (χ0) is 16.3. The second kappa shape index (κ2) is 6.75. The number of benzene rings is 1. The first-order valence-corrected chi connectivity index (χ1v) is 7.08. The van der Waals surface area contributed by atoms with E-state index in [9.17, 15) is 13.6 Å². The molecule has 0 bridgehead atoms. The Hall–Kier alpha value is -2.13. The average molecular weight is 327 g/mol. The van der Waals surface area contributed by atoms with Crippen LogP contribution in [0.5, 0.6) is 5.75 Å². The summed E-state index contributed by atoms with van der Waals surface area (Å²) < 4.78 is 33.4. The molecular formula is C15H13ClF2N2O2. The summed E-state index contributed by atoms with van der Waals surface area (Å²) in [5.41, 5.74) is -0.144. The summed E-state index contributed by atoms with van der Waals surface area (Å²) >= 11 is 5.88. The third-order valence-corrected chi connectivity index (χ3v) is 3.60. The van der Waals surface area contributed by atoms with Crippen LogP contribution in [-0.4, -0.2) is 29.3 Å². The highest BCUT2D eigenvalue weighted by Gasteiger charge is 2.31. The highest BCUT2D eigenvalue weighted by Crippen LogP contribution is 2.33. The standard InChI is InChI=1S/C15H13ClF2N2O2/c1-2-20-13(4-3-10(16)15(20)21)14-11(17)7-9(8-12(14)18)22-6-5-19/h4,7-8,10H,2-3,6H2,1H3. The molecule has 1 aliphatic heterocycles. The van der Waals surface area contributed by atoms with E-state index < -0.39 is 17.0 Å². The van der Waals surface area contributed by atoms with E-state index >= 15 is 0 Å². The fraction of sp³-hybridized carbons (Fsp3) is 0.333. The normalized spacial score (nSPS) is 18.0. The van der Waals surface area contributed by atoms with Crippen LogP contribution in [-0.2, 0) is 4.79 Å². The van der Waals surface area contributed by atoms with Crippen molar-refractivity contribution in [1.29, 1.82) is 5.26 Å². The van der Waals surface area contributed by atoms with Crippen LogP contribution in [0.2, 0.25) is 0 Å². The van der Waals surface area contributed by atoms with Gasteiger partial charge in [-0.15, -0.1) is 11.6 Å². The topological polar surface area (TPSA) is 53.3 Å². The van der Waals surface area contributed by atoms with Gasteiger partial charge in [-0.3, -0.25) is 4.79 Å². The maximum atomic E-state index is 14.2. The number of rotatable bonds is 4. The molecule has 1 aliphatic rings. The van der Waals surface area contributed by atoms with Crippen molar-refractivity contribution in [3.8, 4) is 11.8 Å². The Bertz CT molecular complexity index is 647. The summed E-state index contributed by atoms with van der Waals surface area (Å²) in [5, 5.41) is 7.69. The summed E-state index contributed by atoms with van der Waals surface area (Å²) in [6.07, 6.45) is 1.75. The van der Waals surface area contributed by atoms with Crippen molar-refractivity contribution >= 4 is 23.2 Å². The van der Waals surface area contributed by atoms with Gasteiger partial charge in [0.05, 0.1) is 11.3 Å². The maximum Gasteiger partial charge on any atom is 0.245 e. The molecule has 0 radical (unpaired) electrons. The molecule has 0 spiro atoms. The van der Waals surface area contributed by atoms with Crippen molar-refractivity contribution in [2.24, 2.45) is 0 Å². The molecule has 0 aromatic heterocycles. The number of hydrogen-bond acceptors (Lipinski definition) is 3. The molecule has 7 heteroatoms. The summed E-state index contributed by atoms with van der Waals surface area (Å²) in [5.74, 6) is -2.19. The van der Waals surface area contributed by atoms with Crippen LogP contribution in [0.4, 0.5) is 8.78 Å². The molecule has 0 saturated carbocycles. The first-order valence-electron chi connectivity index (χ1n) is 6.64. The minimum Gasteiger partial charge on any atom is -0.479 e. The first kappa shape index (κ1) is 16.2. The molecule has 1 unspecified atom stereocenters. The third kappa shape index (κ3) is 3.04. The molecule has 1 aromatic carbocycles. The number of alkyl halides is 1. The van der Waals surface area contributed by atoms with Crippen LogP contribution in [0.3, 0.4) is 0 Å². The van der Waals surface area contributed by atoms with Crippen LogP contribution >= 0.6 is 11.6 Å². The van der Waals surface area contributed by atoms with Gasteiger partial charge in [0.1, 0.15) is 28.8 Å². The van der Waals surface area contributed by atoms with Crippen molar-refractivity contribution in [3.63, 3.8) is 0 Å². The van der Waals surface area contributed by atoms with Crippen LogP contribution in [0.15, 0.2) is 18.2 Å². The van der Waals surface area contributed by atoms with E-state index in [-0.39, 0.29) is 42.5 Å². The number of hydrogen-bond donors (Lipinski definition) is 0. The number of amides is 1. The zero-order valence-corrected chi connectivity index (χ0v) is 12.5. The molecule has 0 fully saturated rings. The summed E-state index contributed by atoms with van der Waals surface area (Å²) in [6.45, 7) is 1.63. The van der Waals surface area contributed by atoms with Gasteiger partial charge in [-0.05, 0) is 13.3 Å². The monoisotopic (exact) mass is 326 g/mol. The zero-order valence-electron chi connectivity index (χ0n) is 11.8. The van der Waals surface area contributed by atoms with Crippen molar-refractivity contribution in [1.82, 2.24) is 4.90 Å². The molecule has 0 saturated heterocycles. The lowest BCUT2D eigenvalue weighted by Gasteiger charge is -2.30. The highest BCUT2D eigenvalue weighted by atomic mass is 35.5. The van der Waals surface area contributed by atoms with E-state index in [0.717, 1.165) is 12.1 Å². The Kier molecular flexibility index (Phi) is 4.99. The first-order chi connectivity index (χ1) is 10.5. The number of halogens is 3. The van der Waals surface area contributed by atoms with Crippen LogP contribution in [0, 0.1) is 23.0 Å². The number of allylic oxidation sites excluding steroid dienone is 1. The molecule has 1 heterocycles. The maximum absolute atomic E-state index is 14.2. The fourth-order valence-corrected chi connectivity index (χ4v) is 2.48. The van der Waals surface area contributed by atoms with Crippen molar-refractivity contribution < 1.29 is 18.3 Å². The molecule has 116 valence electrons. The quantitative estimate of drug-likeness (QED) is 0.799. The Labute approximate surface area is 131 Å². The number of carbonyl (C=O) groups excluding carboxylic acids is 1. The van der Waals surface area contributed by atoms with Crippen molar-refractivity contribution in [2.45, 2.75) is 18.7 Å². The van der Waals surface area contributed by atoms with E-state index in [4.69, 9.17) is 21.6 Å². The molecule has 1 amide bonds. The molecule has 1 aromatic rings. The minimum atomic E-state index is -0.863. The Morgan fingerprint density at radius 1 is 1.45 bits per heavy atom. The van der Waals surface area contributed by atoms with Gasteiger partial charge in [0.2, 0.25) is 5.91 Å². The lowest BCUT2D eigenvalue weighted by atomic mass is 10.0. The Balaban J connectivity index is 2.44. The molecular weight excluding hydrogens is 314 g/mol. The number of nitrogens with zero attached hydrogens (tertiary/aromatic N) is 2. The van der Waals surface area contributed by atoms with Gasteiger partial charge in [0.25, 0.3) is 0 Å². The smallest absolute Gasteiger partial charge is 0.245 e. The summed E-state index contributed by atoms with van der Waals surface area (Å²) in [6, 6.07) is 3.69. The van der Waals surface area contributed by atoms with Crippen molar-refractivity contribution in [3.05, 3.63) is 35.4 Å². The van der Waals surface area contributed by atoms with E-state index in [1.165, 1.54) is 4.90 Å². The second-order valence-corrected chi connectivity index (χ2v) is 5.11. The van der Waals surface area contributed by atoms with Crippen LogP contribution in [0.25, 0.3) is 5.70 Å². The van der Waals surface area contributed by atoms with E-state index in [1.807, 2.05) is 0 Å². The fourth-order valence-electron chi connectivity index (χ4n) is 2.27. The Morgan fingerprint density at radius 2 is 2.09 bits per heavy atom. The molecule has 2 rings (SSSR count). The summed E-state index contributed by atoms with van der Waals surface area (Å²) in [7, 11) is 0. The van der Waals surface area contributed by atoms with Gasteiger partial charge in [0.15, 0.2) is 6.61 Å². The van der Waals surface area contributed by atoms with Gasteiger partial charge in [-0.25, -0.2) is 8.78 Å². The lowest BCUT2D eigenvalue weighted by molar-refractivity contribution is -0.127. The second-order valence-electron chi connectivity index (χ2n) is 4.58. The minimum absolute atomic E-state index is 0.0821. The highest BCUT2D eigenvalue weighted by molar-refractivity contribution is 6.31. The molecule has 4 nitrogen and oxygen atoms in total. The van der Waals surface area contributed by atoms with Crippen molar-refractivity contribution in [2.75, 3.05) is 13.2 Å². The average Bonchev–Trinajstić information content (AvgIpc) is 2.48.